The number of nitrogens with zero attached hydrogens (tertiary/aromatic N) is 1. The second-order valence-electron chi connectivity index (χ2n) is 3.61. The molecule has 0 heterocycles. The van der Waals surface area contributed by atoms with Gasteiger partial charge in [0.05, 0.1) is 12.3 Å². The zero-order chi connectivity index (χ0) is 12.7. The second kappa shape index (κ2) is 6.85. The molecule has 1 aromatic rings. The summed E-state index contributed by atoms with van der Waals surface area (Å²) < 4.78 is 18.5. The van der Waals surface area contributed by atoms with Crippen LogP contribution in [-0.2, 0) is 0 Å². The molecule has 94 valence electrons. The summed E-state index contributed by atoms with van der Waals surface area (Å²) in [5.41, 5.74) is 0.917. The number of ether oxygens (including phenoxy) is 1. The first-order valence-electron chi connectivity index (χ1n) is 5.41. The van der Waals surface area contributed by atoms with Crippen LogP contribution in [0.2, 0.25) is 0 Å². The fourth-order valence-electron chi connectivity index (χ4n) is 1.36. The Morgan fingerprint density at radius 3 is 2.82 bits per heavy atom. The molecule has 0 radical (unpaired) electrons. The van der Waals surface area contributed by atoms with Crippen LogP contribution in [0.1, 0.15) is 25.3 Å². The van der Waals surface area contributed by atoms with Gasteiger partial charge in [0, 0.05) is 18.2 Å². The third-order valence-electron chi connectivity index (χ3n) is 2.29. The van der Waals surface area contributed by atoms with Crippen molar-refractivity contribution in [2.45, 2.75) is 19.8 Å². The molecule has 0 aliphatic heterocycles. The first-order chi connectivity index (χ1) is 8.19. The molecule has 17 heavy (non-hydrogen) atoms. The van der Waals surface area contributed by atoms with Crippen LogP contribution in [0.3, 0.4) is 0 Å². The van der Waals surface area contributed by atoms with E-state index < -0.39 is 5.82 Å². The lowest BCUT2D eigenvalue weighted by molar-refractivity contribution is 0.252. The van der Waals surface area contributed by atoms with Gasteiger partial charge >= 0.3 is 0 Å². The highest BCUT2D eigenvalue weighted by Gasteiger charge is 2.08. The van der Waals surface area contributed by atoms with Crippen LogP contribution in [-0.4, -0.2) is 29.2 Å². The summed E-state index contributed by atoms with van der Waals surface area (Å²) in [4.78, 5) is 0. The van der Waals surface area contributed by atoms with Crippen LogP contribution in [0.25, 0.3) is 0 Å². The summed E-state index contributed by atoms with van der Waals surface area (Å²) in [5.74, 6) is -0.0603. The van der Waals surface area contributed by atoms with Crippen LogP contribution < -0.4 is 4.74 Å². The molecule has 2 N–H and O–H groups in total. The van der Waals surface area contributed by atoms with Gasteiger partial charge in [-0.2, -0.15) is 0 Å². The minimum Gasteiger partial charge on any atom is -0.493 e. The monoisotopic (exact) mass is 241 g/mol. The highest BCUT2D eigenvalue weighted by Crippen LogP contribution is 2.21. The number of hydrogen-bond donors (Lipinski definition) is 2. The van der Waals surface area contributed by atoms with E-state index in [-0.39, 0.29) is 6.61 Å². The van der Waals surface area contributed by atoms with Gasteiger partial charge in [0.2, 0.25) is 0 Å². The lowest BCUT2D eigenvalue weighted by atomic mass is 10.1. The Kier molecular flexibility index (Phi) is 5.42. The van der Waals surface area contributed by atoms with E-state index in [1.54, 1.807) is 6.92 Å². The van der Waals surface area contributed by atoms with Gasteiger partial charge in [0.15, 0.2) is 0 Å². The summed E-state index contributed by atoms with van der Waals surface area (Å²) in [5, 5.41) is 20.4. The molecule has 1 aromatic carbocycles. The van der Waals surface area contributed by atoms with E-state index in [0.29, 0.717) is 36.5 Å². The highest BCUT2D eigenvalue weighted by atomic mass is 19.1. The second-order valence-corrected chi connectivity index (χ2v) is 3.61. The van der Waals surface area contributed by atoms with Crippen molar-refractivity contribution in [1.29, 1.82) is 0 Å². The first kappa shape index (κ1) is 13.4. The summed E-state index contributed by atoms with van der Waals surface area (Å²) in [7, 11) is 0. The molecule has 0 saturated heterocycles. The Hall–Kier alpha value is -1.62. The van der Waals surface area contributed by atoms with Gasteiger partial charge in [-0.1, -0.05) is 5.16 Å². The van der Waals surface area contributed by atoms with Crippen molar-refractivity contribution in [3.8, 4) is 5.75 Å². The molecule has 1 rings (SSSR count). The Labute approximate surface area is 99.3 Å². The number of oxime groups is 1. The van der Waals surface area contributed by atoms with E-state index >= 15 is 0 Å². The Bertz CT molecular complexity index is 393. The van der Waals surface area contributed by atoms with Crippen LogP contribution in [0.5, 0.6) is 5.75 Å². The number of aliphatic hydroxyl groups is 1. The first-order valence-corrected chi connectivity index (χ1v) is 5.41. The van der Waals surface area contributed by atoms with E-state index in [0.717, 1.165) is 0 Å². The van der Waals surface area contributed by atoms with Gasteiger partial charge < -0.3 is 15.1 Å². The lowest BCUT2D eigenvalue weighted by Crippen LogP contribution is -2.04. The Morgan fingerprint density at radius 1 is 1.41 bits per heavy atom. The molecule has 0 saturated carbocycles. The fourth-order valence-corrected chi connectivity index (χ4v) is 1.36. The summed E-state index contributed by atoms with van der Waals surface area (Å²) >= 11 is 0. The zero-order valence-corrected chi connectivity index (χ0v) is 9.69. The van der Waals surface area contributed by atoms with Gasteiger partial charge in [-0.25, -0.2) is 4.39 Å². The minimum absolute atomic E-state index is 0.108. The van der Waals surface area contributed by atoms with E-state index in [1.807, 2.05) is 0 Å². The third kappa shape index (κ3) is 4.03. The van der Waals surface area contributed by atoms with Gasteiger partial charge in [-0.15, -0.1) is 0 Å². The SMILES string of the molecule is CC(=NO)c1ccc(F)cc1OCCCCO. The molecule has 0 unspecified atom stereocenters. The molecular formula is C12H16FNO3. The molecule has 0 aromatic heterocycles. The number of rotatable bonds is 6. The van der Waals surface area contributed by atoms with Gasteiger partial charge in [-0.3, -0.25) is 0 Å². The van der Waals surface area contributed by atoms with E-state index in [9.17, 15) is 4.39 Å². The van der Waals surface area contributed by atoms with Crippen molar-refractivity contribution in [1.82, 2.24) is 0 Å². The predicted octanol–water partition coefficient (Wildman–Crippen LogP) is 2.18. The molecule has 0 fully saturated rings. The van der Waals surface area contributed by atoms with Crippen molar-refractivity contribution in [2.24, 2.45) is 5.16 Å². The van der Waals surface area contributed by atoms with Gasteiger partial charge in [0.1, 0.15) is 11.6 Å². The number of aliphatic hydroxyl groups excluding tert-OH is 1. The smallest absolute Gasteiger partial charge is 0.131 e. The van der Waals surface area contributed by atoms with Gasteiger partial charge in [0.25, 0.3) is 0 Å². The van der Waals surface area contributed by atoms with Crippen molar-refractivity contribution in [3.05, 3.63) is 29.6 Å². The lowest BCUT2D eigenvalue weighted by Gasteiger charge is -2.10. The molecular weight excluding hydrogens is 225 g/mol. The van der Waals surface area contributed by atoms with E-state index in [2.05, 4.69) is 5.16 Å². The molecule has 0 aliphatic rings. The molecule has 4 nitrogen and oxygen atoms in total. The Balaban J connectivity index is 2.77. The number of benzene rings is 1. The summed E-state index contributed by atoms with van der Waals surface area (Å²) in [6.07, 6.45) is 1.32. The normalized spacial score (nSPS) is 11.6. The largest absolute Gasteiger partial charge is 0.493 e. The topological polar surface area (TPSA) is 62.1 Å². The van der Waals surface area contributed by atoms with E-state index in [4.69, 9.17) is 15.1 Å². The summed E-state index contributed by atoms with van der Waals surface area (Å²) in [6.45, 7) is 2.10. The van der Waals surface area contributed by atoms with Crippen molar-refractivity contribution in [2.75, 3.05) is 13.2 Å². The number of hydrogen-bond acceptors (Lipinski definition) is 4. The van der Waals surface area contributed by atoms with Crippen LogP contribution >= 0.6 is 0 Å². The average molecular weight is 241 g/mol. The predicted molar refractivity (Wildman–Crippen MR) is 62.2 cm³/mol. The van der Waals surface area contributed by atoms with Crippen LogP contribution in [0.4, 0.5) is 4.39 Å². The molecule has 0 bridgehead atoms. The fraction of sp³-hybridized carbons (Fsp3) is 0.417. The standard InChI is InChI=1S/C12H16FNO3/c1-9(14-16)11-5-4-10(13)8-12(11)17-7-3-2-6-15/h4-5,8,15-16H,2-3,6-7H2,1H3. The number of unbranched alkanes of at least 4 members (excludes halogenated alkanes) is 1. The maximum absolute atomic E-state index is 13.1. The van der Waals surface area contributed by atoms with Crippen molar-refractivity contribution < 1.29 is 19.4 Å². The molecule has 0 spiro atoms. The maximum atomic E-state index is 13.1. The Morgan fingerprint density at radius 2 is 2.18 bits per heavy atom. The van der Waals surface area contributed by atoms with E-state index in [1.165, 1.54) is 18.2 Å². The molecule has 5 heteroatoms. The quantitative estimate of drug-likeness (QED) is 0.347. The van der Waals surface area contributed by atoms with Crippen molar-refractivity contribution >= 4 is 5.71 Å². The molecule has 0 atom stereocenters. The van der Waals surface area contributed by atoms with Crippen molar-refractivity contribution in [3.63, 3.8) is 0 Å². The molecule has 0 aliphatic carbocycles. The zero-order valence-electron chi connectivity index (χ0n) is 9.69. The minimum atomic E-state index is -0.406. The van der Waals surface area contributed by atoms with Crippen LogP contribution in [0.15, 0.2) is 23.4 Å². The highest BCUT2D eigenvalue weighted by molar-refractivity contribution is 6.00. The summed E-state index contributed by atoms with van der Waals surface area (Å²) in [6, 6.07) is 4.04. The number of halogens is 1. The average Bonchev–Trinajstić information content (AvgIpc) is 2.34. The third-order valence-corrected chi connectivity index (χ3v) is 2.29. The molecule has 0 amide bonds. The maximum Gasteiger partial charge on any atom is 0.131 e. The van der Waals surface area contributed by atoms with Gasteiger partial charge in [-0.05, 0) is 31.9 Å². The van der Waals surface area contributed by atoms with Crippen LogP contribution in [0, 0.1) is 5.82 Å².